The Balaban J connectivity index is 1.01. The molecule has 1 N–H and O–H groups in total. The van der Waals surface area contributed by atoms with Gasteiger partial charge in [0.15, 0.2) is 0 Å². The van der Waals surface area contributed by atoms with Gasteiger partial charge in [-0.2, -0.15) is 0 Å². The second-order valence-electron chi connectivity index (χ2n) is 12.1. The lowest BCUT2D eigenvalue weighted by molar-refractivity contribution is 0.538. The van der Waals surface area contributed by atoms with Crippen LogP contribution in [0.4, 0.5) is 0 Å². The number of benzene rings is 6. The summed E-state index contributed by atoms with van der Waals surface area (Å²) in [7, 11) is 0. The molecule has 10 rings (SSSR count). The molecule has 45 heavy (non-hydrogen) atoms. The highest BCUT2D eigenvalue weighted by Crippen LogP contribution is 2.52. The molecular formula is C41H28N2OS. The van der Waals surface area contributed by atoms with Crippen LogP contribution in [0, 0.1) is 0 Å². The molecule has 3 nitrogen and oxygen atoms in total. The van der Waals surface area contributed by atoms with Gasteiger partial charge >= 0.3 is 0 Å². The number of nitrogens with one attached hydrogen (secondary N) is 1. The summed E-state index contributed by atoms with van der Waals surface area (Å²) in [4.78, 5) is 1.34. The van der Waals surface area contributed by atoms with Gasteiger partial charge in [0.2, 0.25) is 0 Å². The zero-order chi connectivity index (χ0) is 29.5. The Morgan fingerprint density at radius 1 is 0.644 bits per heavy atom. The van der Waals surface area contributed by atoms with E-state index >= 15 is 0 Å². The Bertz CT molecular complexity index is 2480. The van der Waals surface area contributed by atoms with Crippen molar-refractivity contribution >= 4 is 60.2 Å². The summed E-state index contributed by atoms with van der Waals surface area (Å²) in [5.74, 6) is 1.11. The predicted molar refractivity (Wildman–Crippen MR) is 189 cm³/mol. The van der Waals surface area contributed by atoms with E-state index in [-0.39, 0.29) is 5.37 Å². The van der Waals surface area contributed by atoms with Crippen molar-refractivity contribution < 1.29 is 4.42 Å². The van der Waals surface area contributed by atoms with E-state index in [0.29, 0.717) is 0 Å². The topological polar surface area (TPSA) is 30.1 Å². The second-order valence-corrected chi connectivity index (χ2v) is 13.2. The van der Waals surface area contributed by atoms with Crippen molar-refractivity contribution in [2.75, 3.05) is 0 Å². The minimum atomic E-state index is 0.166. The van der Waals surface area contributed by atoms with Crippen molar-refractivity contribution in [3.05, 3.63) is 156 Å². The molecular weight excluding hydrogens is 569 g/mol. The van der Waals surface area contributed by atoms with Crippen LogP contribution in [0.5, 0.6) is 0 Å². The van der Waals surface area contributed by atoms with Crippen LogP contribution in [0.15, 0.2) is 144 Å². The van der Waals surface area contributed by atoms with Gasteiger partial charge in [-0.05, 0) is 70.3 Å². The number of aryl methyl sites for hydroxylation is 1. The Hall–Kier alpha value is -5.19. The lowest BCUT2D eigenvalue weighted by Gasteiger charge is -2.15. The quantitative estimate of drug-likeness (QED) is 0.220. The van der Waals surface area contributed by atoms with E-state index in [4.69, 9.17) is 4.42 Å². The van der Waals surface area contributed by atoms with Crippen LogP contribution in [0.2, 0.25) is 0 Å². The third-order valence-corrected chi connectivity index (χ3v) is 10.8. The fourth-order valence-corrected chi connectivity index (χ4v) is 8.80. The van der Waals surface area contributed by atoms with Gasteiger partial charge in [0.25, 0.3) is 0 Å². The lowest BCUT2D eigenvalue weighted by atomic mass is 9.97. The molecule has 0 amide bonds. The molecule has 214 valence electrons. The summed E-state index contributed by atoms with van der Waals surface area (Å²) in [6.45, 7) is 0. The number of thioether (sulfide) groups is 1. The first kappa shape index (κ1) is 25.2. The maximum absolute atomic E-state index is 6.41. The maximum atomic E-state index is 6.41. The SMILES string of the molecule is c1ccc(-c2ccc3oc4c(c3c2)C2=C(CC4)NC(c3ccc(-n4c5ccccc5c5c6ccccc6ccc54)cc3)S2)cc1. The van der Waals surface area contributed by atoms with Crippen molar-refractivity contribution in [1.82, 2.24) is 9.88 Å². The fourth-order valence-electron chi connectivity index (χ4n) is 7.43. The third-order valence-electron chi connectivity index (χ3n) is 9.53. The van der Waals surface area contributed by atoms with E-state index in [2.05, 4.69) is 143 Å². The van der Waals surface area contributed by atoms with Gasteiger partial charge in [-0.15, -0.1) is 0 Å². The minimum absolute atomic E-state index is 0.166. The summed E-state index contributed by atoms with van der Waals surface area (Å²) < 4.78 is 8.82. The van der Waals surface area contributed by atoms with Gasteiger partial charge in [0, 0.05) is 44.4 Å². The van der Waals surface area contributed by atoms with E-state index in [9.17, 15) is 0 Å². The van der Waals surface area contributed by atoms with Gasteiger partial charge in [0.1, 0.15) is 16.7 Å². The molecule has 0 bridgehead atoms. The highest BCUT2D eigenvalue weighted by molar-refractivity contribution is 8.08. The number of hydrogen-bond donors (Lipinski definition) is 1. The van der Waals surface area contributed by atoms with Gasteiger partial charge in [-0.25, -0.2) is 0 Å². The molecule has 0 saturated carbocycles. The predicted octanol–water partition coefficient (Wildman–Crippen LogP) is 11.0. The number of nitrogens with zero attached hydrogens (tertiary/aromatic N) is 1. The van der Waals surface area contributed by atoms with Crippen LogP contribution in [-0.2, 0) is 6.42 Å². The van der Waals surface area contributed by atoms with Crippen LogP contribution < -0.4 is 5.32 Å². The van der Waals surface area contributed by atoms with Crippen LogP contribution in [0.1, 0.15) is 28.7 Å². The normalized spacial score (nSPS) is 16.0. The van der Waals surface area contributed by atoms with Crippen LogP contribution in [0.25, 0.3) is 65.3 Å². The second kappa shape index (κ2) is 9.65. The van der Waals surface area contributed by atoms with Gasteiger partial charge < -0.3 is 14.3 Å². The van der Waals surface area contributed by atoms with Crippen LogP contribution in [-0.4, -0.2) is 4.57 Å². The first-order valence-electron chi connectivity index (χ1n) is 15.6. The molecule has 0 saturated heterocycles. The molecule has 1 aliphatic heterocycles. The molecule has 3 heterocycles. The lowest BCUT2D eigenvalue weighted by Crippen LogP contribution is -2.14. The van der Waals surface area contributed by atoms with Crippen molar-refractivity contribution in [3.63, 3.8) is 0 Å². The van der Waals surface area contributed by atoms with E-state index in [1.165, 1.54) is 76.5 Å². The van der Waals surface area contributed by atoms with Gasteiger partial charge in [0.05, 0.1) is 11.0 Å². The molecule has 6 aromatic carbocycles. The van der Waals surface area contributed by atoms with Crippen LogP contribution in [0.3, 0.4) is 0 Å². The number of hydrogen-bond acceptors (Lipinski definition) is 3. The molecule has 0 radical (unpaired) electrons. The highest BCUT2D eigenvalue weighted by atomic mass is 32.2. The molecule has 1 aliphatic carbocycles. The van der Waals surface area contributed by atoms with Crippen molar-refractivity contribution in [2.24, 2.45) is 0 Å². The number of para-hydroxylation sites is 1. The Morgan fingerprint density at radius 2 is 1.44 bits per heavy atom. The third kappa shape index (κ3) is 3.79. The zero-order valence-electron chi connectivity index (χ0n) is 24.5. The average Bonchev–Trinajstić information content (AvgIpc) is 3.80. The van der Waals surface area contributed by atoms with Crippen molar-refractivity contribution in [3.8, 4) is 16.8 Å². The van der Waals surface area contributed by atoms with Crippen LogP contribution >= 0.6 is 11.8 Å². The average molecular weight is 597 g/mol. The Kier molecular flexibility index (Phi) is 5.40. The fraction of sp³-hybridized carbons (Fsp3) is 0.0732. The van der Waals surface area contributed by atoms with Gasteiger partial charge in [-0.3, -0.25) is 0 Å². The highest BCUT2D eigenvalue weighted by Gasteiger charge is 2.34. The zero-order valence-corrected chi connectivity index (χ0v) is 25.3. The summed E-state index contributed by atoms with van der Waals surface area (Å²) >= 11 is 1.92. The summed E-state index contributed by atoms with van der Waals surface area (Å²) in [6, 6.07) is 48.4. The largest absolute Gasteiger partial charge is 0.460 e. The van der Waals surface area contributed by atoms with E-state index in [1.807, 2.05) is 11.8 Å². The van der Waals surface area contributed by atoms with E-state index < -0.39 is 0 Å². The molecule has 0 spiro atoms. The van der Waals surface area contributed by atoms with Gasteiger partial charge in [-0.1, -0.05) is 109 Å². The monoisotopic (exact) mass is 596 g/mol. The van der Waals surface area contributed by atoms with E-state index in [0.717, 1.165) is 24.2 Å². The smallest absolute Gasteiger partial charge is 0.134 e. The van der Waals surface area contributed by atoms with E-state index in [1.54, 1.807) is 0 Å². The number of rotatable bonds is 3. The molecule has 1 unspecified atom stereocenters. The van der Waals surface area contributed by atoms with Crippen molar-refractivity contribution in [1.29, 1.82) is 0 Å². The standard InChI is InChI=1S/C41H28N2OS/c1-2-8-25(9-3-1)28-17-22-36-32(24-28)39-37(44-36)23-20-33-40(39)45-41(42-33)27-14-18-29(19-15-27)43-34-13-7-6-12-31(34)38-30-11-5-4-10-26(30)16-21-35(38)43/h1-19,21-22,24,41-42H,20,23H2. The summed E-state index contributed by atoms with van der Waals surface area (Å²) in [6.07, 6.45) is 1.90. The minimum Gasteiger partial charge on any atom is -0.460 e. The molecule has 0 fully saturated rings. The Morgan fingerprint density at radius 3 is 2.33 bits per heavy atom. The summed E-state index contributed by atoms with van der Waals surface area (Å²) in [5.41, 5.74) is 11.0. The number of fused-ring (bicyclic) bond motifs is 9. The molecule has 2 aromatic heterocycles. The molecule has 1 atom stereocenters. The van der Waals surface area contributed by atoms with Crippen molar-refractivity contribution in [2.45, 2.75) is 18.2 Å². The number of furan rings is 1. The first-order valence-corrected chi connectivity index (χ1v) is 16.5. The maximum Gasteiger partial charge on any atom is 0.134 e. The molecule has 8 aromatic rings. The first-order chi connectivity index (χ1) is 22.3. The Labute approximate surface area is 264 Å². The molecule has 4 heteroatoms. The number of allylic oxidation sites excluding steroid dienone is 1. The summed E-state index contributed by atoms with van der Waals surface area (Å²) in [5, 5.41) is 10.4. The number of aromatic nitrogens is 1. The molecule has 2 aliphatic rings.